The van der Waals surface area contributed by atoms with Crippen LogP contribution in [0.1, 0.15) is 22.9 Å². The predicted molar refractivity (Wildman–Crippen MR) is 78.3 cm³/mol. The first kappa shape index (κ1) is 12.2. The van der Waals surface area contributed by atoms with Gasteiger partial charge in [-0.05, 0) is 36.6 Å². The minimum atomic E-state index is 0.219. The van der Waals surface area contributed by atoms with Crippen molar-refractivity contribution in [3.63, 3.8) is 0 Å². The molecule has 98 valence electrons. The SMILES string of the molecule is Cc1ccc(C(CN)N2CCc3ccccc32)cn1. The minimum Gasteiger partial charge on any atom is -0.363 e. The maximum absolute atomic E-state index is 6.01. The van der Waals surface area contributed by atoms with Crippen LogP contribution >= 0.6 is 0 Å². The van der Waals surface area contributed by atoms with Gasteiger partial charge in [-0.15, -0.1) is 0 Å². The highest BCUT2D eigenvalue weighted by Gasteiger charge is 2.26. The van der Waals surface area contributed by atoms with Gasteiger partial charge < -0.3 is 10.6 Å². The number of pyridine rings is 1. The summed E-state index contributed by atoms with van der Waals surface area (Å²) < 4.78 is 0. The average Bonchev–Trinajstić information content (AvgIpc) is 2.86. The van der Waals surface area contributed by atoms with Crippen LogP contribution in [0.5, 0.6) is 0 Å². The number of hydrogen-bond acceptors (Lipinski definition) is 3. The van der Waals surface area contributed by atoms with E-state index in [0.29, 0.717) is 6.54 Å². The molecule has 0 bridgehead atoms. The summed E-state index contributed by atoms with van der Waals surface area (Å²) in [6.07, 6.45) is 3.06. The van der Waals surface area contributed by atoms with E-state index in [0.717, 1.165) is 18.7 Å². The standard InChI is InChI=1S/C16H19N3/c1-12-6-7-14(11-18-12)16(10-17)19-9-8-13-4-2-3-5-15(13)19/h2-7,11,16H,8-10,17H2,1H3. The third kappa shape index (κ3) is 2.22. The number of benzene rings is 1. The maximum Gasteiger partial charge on any atom is 0.0679 e. The Balaban J connectivity index is 1.94. The summed E-state index contributed by atoms with van der Waals surface area (Å²) >= 11 is 0. The van der Waals surface area contributed by atoms with E-state index in [2.05, 4.69) is 46.3 Å². The van der Waals surface area contributed by atoms with E-state index in [4.69, 9.17) is 5.73 Å². The van der Waals surface area contributed by atoms with Gasteiger partial charge in [-0.1, -0.05) is 24.3 Å². The van der Waals surface area contributed by atoms with E-state index >= 15 is 0 Å². The minimum absolute atomic E-state index is 0.219. The fraction of sp³-hybridized carbons (Fsp3) is 0.312. The summed E-state index contributed by atoms with van der Waals surface area (Å²) in [5.74, 6) is 0. The van der Waals surface area contributed by atoms with Crippen LogP contribution in [0, 0.1) is 6.92 Å². The lowest BCUT2D eigenvalue weighted by molar-refractivity contribution is 0.646. The highest BCUT2D eigenvalue weighted by Crippen LogP contribution is 2.34. The second-order valence-corrected chi connectivity index (χ2v) is 5.06. The molecule has 0 radical (unpaired) electrons. The Morgan fingerprint density at radius 3 is 2.84 bits per heavy atom. The molecule has 0 aliphatic carbocycles. The van der Waals surface area contributed by atoms with Crippen LogP contribution in [0.15, 0.2) is 42.6 Å². The summed E-state index contributed by atoms with van der Waals surface area (Å²) in [6, 6.07) is 13.0. The van der Waals surface area contributed by atoms with Gasteiger partial charge in [-0.2, -0.15) is 0 Å². The van der Waals surface area contributed by atoms with Crippen molar-refractivity contribution in [2.24, 2.45) is 5.73 Å². The van der Waals surface area contributed by atoms with Crippen molar-refractivity contribution < 1.29 is 0 Å². The first-order valence-electron chi connectivity index (χ1n) is 6.77. The van der Waals surface area contributed by atoms with Gasteiger partial charge in [0, 0.05) is 30.7 Å². The molecule has 1 aromatic carbocycles. The monoisotopic (exact) mass is 253 g/mol. The Morgan fingerprint density at radius 2 is 2.11 bits per heavy atom. The van der Waals surface area contributed by atoms with Gasteiger partial charge in [-0.3, -0.25) is 4.98 Å². The Hall–Kier alpha value is -1.87. The molecule has 2 aromatic rings. The summed E-state index contributed by atoms with van der Waals surface area (Å²) in [4.78, 5) is 6.80. The largest absolute Gasteiger partial charge is 0.363 e. The average molecular weight is 253 g/mol. The van der Waals surface area contributed by atoms with Crippen LogP contribution in [-0.4, -0.2) is 18.1 Å². The van der Waals surface area contributed by atoms with Crippen molar-refractivity contribution in [2.45, 2.75) is 19.4 Å². The zero-order valence-electron chi connectivity index (χ0n) is 11.2. The van der Waals surface area contributed by atoms with Crippen LogP contribution in [0.25, 0.3) is 0 Å². The van der Waals surface area contributed by atoms with Crippen molar-refractivity contribution >= 4 is 5.69 Å². The van der Waals surface area contributed by atoms with E-state index in [1.54, 1.807) is 0 Å². The number of hydrogen-bond donors (Lipinski definition) is 1. The Morgan fingerprint density at radius 1 is 1.26 bits per heavy atom. The molecule has 0 saturated heterocycles. The highest BCUT2D eigenvalue weighted by atomic mass is 15.2. The van der Waals surface area contributed by atoms with Gasteiger partial charge in [0.05, 0.1) is 6.04 Å². The Bertz CT molecular complexity index is 562. The smallest absolute Gasteiger partial charge is 0.0679 e. The number of fused-ring (bicyclic) bond motifs is 1. The lowest BCUT2D eigenvalue weighted by Crippen LogP contribution is -2.32. The molecule has 1 aliphatic rings. The van der Waals surface area contributed by atoms with E-state index in [-0.39, 0.29) is 6.04 Å². The van der Waals surface area contributed by atoms with Crippen LogP contribution in [0.4, 0.5) is 5.69 Å². The molecule has 3 rings (SSSR count). The van der Waals surface area contributed by atoms with E-state index in [9.17, 15) is 0 Å². The van der Waals surface area contributed by atoms with E-state index < -0.39 is 0 Å². The molecule has 1 aromatic heterocycles. The second kappa shape index (κ2) is 5.02. The van der Waals surface area contributed by atoms with Crippen molar-refractivity contribution in [1.29, 1.82) is 0 Å². The number of aryl methyl sites for hydroxylation is 1. The first-order valence-corrected chi connectivity index (χ1v) is 6.77. The quantitative estimate of drug-likeness (QED) is 0.913. The Kier molecular flexibility index (Phi) is 3.22. The third-order valence-electron chi connectivity index (χ3n) is 3.84. The zero-order valence-corrected chi connectivity index (χ0v) is 11.2. The lowest BCUT2D eigenvalue weighted by atomic mass is 10.1. The van der Waals surface area contributed by atoms with E-state index in [1.807, 2.05) is 13.1 Å². The topological polar surface area (TPSA) is 42.1 Å². The molecule has 19 heavy (non-hydrogen) atoms. The van der Waals surface area contributed by atoms with Gasteiger partial charge in [0.1, 0.15) is 0 Å². The summed E-state index contributed by atoms with van der Waals surface area (Å²) in [5, 5.41) is 0. The highest BCUT2D eigenvalue weighted by molar-refractivity contribution is 5.59. The molecule has 3 nitrogen and oxygen atoms in total. The molecule has 0 saturated carbocycles. The molecule has 0 fully saturated rings. The fourth-order valence-corrected chi connectivity index (χ4v) is 2.81. The van der Waals surface area contributed by atoms with Gasteiger partial charge in [-0.25, -0.2) is 0 Å². The van der Waals surface area contributed by atoms with Crippen LogP contribution in [0.2, 0.25) is 0 Å². The predicted octanol–water partition coefficient (Wildman–Crippen LogP) is 2.45. The van der Waals surface area contributed by atoms with Gasteiger partial charge in [0.2, 0.25) is 0 Å². The number of aromatic nitrogens is 1. The second-order valence-electron chi connectivity index (χ2n) is 5.06. The van der Waals surface area contributed by atoms with Crippen LogP contribution in [0.3, 0.4) is 0 Å². The molecule has 1 aliphatic heterocycles. The van der Waals surface area contributed by atoms with Crippen molar-refractivity contribution in [1.82, 2.24) is 4.98 Å². The number of rotatable bonds is 3. The van der Waals surface area contributed by atoms with Crippen LogP contribution < -0.4 is 10.6 Å². The lowest BCUT2D eigenvalue weighted by Gasteiger charge is -2.29. The molecule has 1 unspecified atom stereocenters. The number of para-hydroxylation sites is 1. The van der Waals surface area contributed by atoms with Gasteiger partial charge in [0.15, 0.2) is 0 Å². The van der Waals surface area contributed by atoms with Gasteiger partial charge in [0.25, 0.3) is 0 Å². The molecule has 0 spiro atoms. The van der Waals surface area contributed by atoms with Crippen molar-refractivity contribution in [3.8, 4) is 0 Å². The normalized spacial score (nSPS) is 15.4. The summed E-state index contributed by atoms with van der Waals surface area (Å²) in [7, 11) is 0. The summed E-state index contributed by atoms with van der Waals surface area (Å²) in [6.45, 7) is 3.65. The molecular formula is C16H19N3. The summed E-state index contributed by atoms with van der Waals surface area (Å²) in [5.41, 5.74) is 11.0. The molecule has 2 heterocycles. The molecular weight excluding hydrogens is 234 g/mol. The van der Waals surface area contributed by atoms with Gasteiger partial charge >= 0.3 is 0 Å². The van der Waals surface area contributed by atoms with Crippen molar-refractivity contribution in [3.05, 3.63) is 59.4 Å². The zero-order chi connectivity index (χ0) is 13.2. The fourth-order valence-electron chi connectivity index (χ4n) is 2.81. The molecule has 3 heteroatoms. The van der Waals surface area contributed by atoms with Crippen LogP contribution in [-0.2, 0) is 6.42 Å². The van der Waals surface area contributed by atoms with Crippen molar-refractivity contribution in [2.75, 3.05) is 18.0 Å². The number of nitrogens with two attached hydrogens (primary N) is 1. The van der Waals surface area contributed by atoms with E-state index in [1.165, 1.54) is 16.8 Å². The number of anilines is 1. The Labute approximate surface area is 114 Å². The molecule has 0 amide bonds. The molecule has 1 atom stereocenters. The maximum atomic E-state index is 6.01. The first-order chi connectivity index (χ1) is 9.29. The third-order valence-corrected chi connectivity index (χ3v) is 3.84. The number of nitrogens with zero attached hydrogens (tertiary/aromatic N) is 2. The molecule has 2 N–H and O–H groups in total.